The summed E-state index contributed by atoms with van der Waals surface area (Å²) < 4.78 is 11.0. The van der Waals surface area contributed by atoms with Crippen molar-refractivity contribution in [2.45, 2.75) is 37.7 Å². The molecule has 106 valence electrons. The zero-order chi connectivity index (χ0) is 14.0. The van der Waals surface area contributed by atoms with Crippen molar-refractivity contribution in [3.8, 4) is 11.6 Å². The van der Waals surface area contributed by atoms with Crippen molar-refractivity contribution in [1.82, 2.24) is 15.1 Å². The summed E-state index contributed by atoms with van der Waals surface area (Å²) in [6, 6.07) is 3.53. The molecule has 2 aromatic heterocycles. The van der Waals surface area contributed by atoms with E-state index in [-0.39, 0.29) is 0 Å². The summed E-state index contributed by atoms with van der Waals surface area (Å²) in [5.41, 5.74) is 6.44. The minimum Gasteiger partial charge on any atom is -0.397 e. The van der Waals surface area contributed by atoms with E-state index >= 15 is 0 Å². The first-order chi connectivity index (χ1) is 9.73. The first kappa shape index (κ1) is 13.1. The van der Waals surface area contributed by atoms with Gasteiger partial charge in [0.15, 0.2) is 0 Å². The van der Waals surface area contributed by atoms with Gasteiger partial charge < -0.3 is 15.0 Å². The van der Waals surface area contributed by atoms with Crippen molar-refractivity contribution in [3.63, 3.8) is 0 Å². The Bertz CT molecular complexity index is 573. The number of nitrogen functional groups attached to an aromatic ring is 1. The van der Waals surface area contributed by atoms with Crippen LogP contribution in [-0.2, 0) is 10.3 Å². The third kappa shape index (κ3) is 2.27. The summed E-state index contributed by atoms with van der Waals surface area (Å²) in [6.07, 6.45) is 6.91. The van der Waals surface area contributed by atoms with Gasteiger partial charge in [-0.25, -0.2) is 4.98 Å². The van der Waals surface area contributed by atoms with Crippen molar-refractivity contribution in [1.29, 1.82) is 0 Å². The fraction of sp³-hybridized carbons (Fsp3) is 0.500. The van der Waals surface area contributed by atoms with Crippen molar-refractivity contribution in [2.24, 2.45) is 0 Å². The Morgan fingerprint density at radius 3 is 2.70 bits per heavy atom. The largest absolute Gasteiger partial charge is 0.397 e. The molecule has 20 heavy (non-hydrogen) atoms. The molecular formula is C14H18N4O2. The second kappa shape index (κ2) is 5.20. The van der Waals surface area contributed by atoms with Crippen molar-refractivity contribution >= 4 is 5.69 Å². The molecule has 3 rings (SSSR count). The van der Waals surface area contributed by atoms with Crippen LogP contribution in [0.4, 0.5) is 5.69 Å². The fourth-order valence-electron chi connectivity index (χ4n) is 2.69. The molecular weight excluding hydrogens is 256 g/mol. The van der Waals surface area contributed by atoms with E-state index in [0.29, 0.717) is 23.1 Å². The fourth-order valence-corrected chi connectivity index (χ4v) is 2.69. The van der Waals surface area contributed by atoms with Crippen molar-refractivity contribution in [2.75, 3.05) is 12.8 Å². The van der Waals surface area contributed by atoms with Crippen LogP contribution in [0.15, 0.2) is 22.9 Å². The highest BCUT2D eigenvalue weighted by Gasteiger charge is 2.38. The van der Waals surface area contributed by atoms with Gasteiger partial charge in [0.25, 0.3) is 5.89 Å². The SMILES string of the molecule is COC1(c2noc(-c3ccc(N)cn3)n2)CCCCC1. The lowest BCUT2D eigenvalue weighted by molar-refractivity contribution is -0.0527. The number of hydrogen-bond acceptors (Lipinski definition) is 6. The molecule has 6 heteroatoms. The number of aromatic nitrogens is 3. The van der Waals surface area contributed by atoms with Crippen LogP contribution in [0.3, 0.4) is 0 Å². The minimum atomic E-state index is -0.409. The standard InChI is InChI=1S/C14H18N4O2/c1-19-14(7-3-2-4-8-14)13-17-12(20-18-13)11-6-5-10(15)9-16-11/h5-6,9H,2-4,7-8,15H2,1H3. The Morgan fingerprint density at radius 1 is 1.25 bits per heavy atom. The van der Waals surface area contributed by atoms with Gasteiger partial charge in [0.1, 0.15) is 11.3 Å². The van der Waals surface area contributed by atoms with Crippen LogP contribution < -0.4 is 5.73 Å². The smallest absolute Gasteiger partial charge is 0.276 e. The van der Waals surface area contributed by atoms with Gasteiger partial charge >= 0.3 is 0 Å². The lowest BCUT2D eigenvalue weighted by Crippen LogP contribution is -2.32. The Kier molecular flexibility index (Phi) is 3.40. The van der Waals surface area contributed by atoms with Crippen LogP contribution in [-0.4, -0.2) is 22.2 Å². The molecule has 0 unspecified atom stereocenters. The molecule has 0 radical (unpaired) electrons. The zero-order valence-corrected chi connectivity index (χ0v) is 11.5. The number of methoxy groups -OCH3 is 1. The van der Waals surface area contributed by atoms with E-state index in [2.05, 4.69) is 15.1 Å². The average molecular weight is 274 g/mol. The number of anilines is 1. The highest BCUT2D eigenvalue weighted by Crippen LogP contribution is 2.39. The molecule has 2 N–H and O–H groups in total. The maximum atomic E-state index is 5.71. The molecule has 0 saturated heterocycles. The predicted octanol–water partition coefficient (Wildman–Crippen LogP) is 2.52. The molecule has 2 heterocycles. The maximum Gasteiger partial charge on any atom is 0.276 e. The monoisotopic (exact) mass is 274 g/mol. The summed E-state index contributed by atoms with van der Waals surface area (Å²) >= 11 is 0. The predicted molar refractivity (Wildman–Crippen MR) is 73.7 cm³/mol. The third-order valence-electron chi connectivity index (χ3n) is 3.89. The number of rotatable bonds is 3. The summed E-state index contributed by atoms with van der Waals surface area (Å²) in [5, 5.41) is 4.10. The second-order valence-corrected chi connectivity index (χ2v) is 5.16. The lowest BCUT2D eigenvalue weighted by atomic mass is 9.84. The number of hydrogen-bond donors (Lipinski definition) is 1. The zero-order valence-electron chi connectivity index (χ0n) is 11.5. The van der Waals surface area contributed by atoms with E-state index in [1.165, 1.54) is 6.42 Å². The lowest BCUT2D eigenvalue weighted by Gasteiger charge is -2.32. The van der Waals surface area contributed by atoms with Crippen LogP contribution in [0.25, 0.3) is 11.6 Å². The molecule has 2 aromatic rings. The Balaban J connectivity index is 1.91. The molecule has 0 atom stereocenters. The highest BCUT2D eigenvalue weighted by atomic mass is 16.5. The molecule has 1 aliphatic carbocycles. The van der Waals surface area contributed by atoms with Gasteiger partial charge in [0, 0.05) is 7.11 Å². The topological polar surface area (TPSA) is 87.1 Å². The first-order valence-corrected chi connectivity index (χ1v) is 6.85. The van der Waals surface area contributed by atoms with Gasteiger partial charge in [0.05, 0.1) is 11.9 Å². The van der Waals surface area contributed by atoms with E-state index in [1.54, 1.807) is 25.4 Å². The maximum absolute atomic E-state index is 5.71. The number of ether oxygens (including phenoxy) is 1. The number of nitrogens with two attached hydrogens (primary N) is 1. The van der Waals surface area contributed by atoms with Gasteiger partial charge in [-0.3, -0.25) is 0 Å². The summed E-state index contributed by atoms with van der Waals surface area (Å²) in [6.45, 7) is 0. The van der Waals surface area contributed by atoms with Crippen LogP contribution in [0.5, 0.6) is 0 Å². The molecule has 1 saturated carbocycles. The van der Waals surface area contributed by atoms with Crippen molar-refractivity contribution in [3.05, 3.63) is 24.2 Å². The Morgan fingerprint density at radius 2 is 2.05 bits per heavy atom. The minimum absolute atomic E-state index is 0.405. The molecule has 0 aliphatic heterocycles. The van der Waals surface area contributed by atoms with Gasteiger partial charge in [-0.15, -0.1) is 0 Å². The van der Waals surface area contributed by atoms with Crippen LogP contribution in [0, 0.1) is 0 Å². The van der Waals surface area contributed by atoms with E-state index < -0.39 is 5.60 Å². The molecule has 1 fully saturated rings. The molecule has 0 bridgehead atoms. The number of nitrogens with zero attached hydrogens (tertiary/aromatic N) is 3. The summed E-state index contributed by atoms with van der Waals surface area (Å²) in [5.74, 6) is 1.02. The second-order valence-electron chi connectivity index (χ2n) is 5.16. The van der Waals surface area contributed by atoms with E-state index in [9.17, 15) is 0 Å². The van der Waals surface area contributed by atoms with E-state index in [1.807, 2.05) is 0 Å². The Labute approximate surface area is 117 Å². The molecule has 0 aromatic carbocycles. The summed E-state index contributed by atoms with van der Waals surface area (Å²) in [4.78, 5) is 8.66. The van der Waals surface area contributed by atoms with Gasteiger partial charge in [-0.05, 0) is 25.0 Å². The van der Waals surface area contributed by atoms with Gasteiger partial charge in [-0.2, -0.15) is 4.98 Å². The Hall–Kier alpha value is -1.95. The normalized spacial score (nSPS) is 18.1. The van der Waals surface area contributed by atoms with Crippen LogP contribution >= 0.6 is 0 Å². The molecule has 1 aliphatic rings. The molecule has 0 spiro atoms. The van der Waals surface area contributed by atoms with Gasteiger partial charge in [-0.1, -0.05) is 24.4 Å². The average Bonchev–Trinajstić information content (AvgIpc) is 2.99. The number of pyridine rings is 1. The van der Waals surface area contributed by atoms with Crippen LogP contribution in [0.2, 0.25) is 0 Å². The van der Waals surface area contributed by atoms with E-state index in [4.69, 9.17) is 15.0 Å². The van der Waals surface area contributed by atoms with Crippen LogP contribution in [0.1, 0.15) is 37.9 Å². The highest BCUT2D eigenvalue weighted by molar-refractivity contribution is 5.50. The molecule has 6 nitrogen and oxygen atoms in total. The third-order valence-corrected chi connectivity index (χ3v) is 3.89. The summed E-state index contributed by atoms with van der Waals surface area (Å²) in [7, 11) is 1.71. The van der Waals surface area contributed by atoms with Crippen molar-refractivity contribution < 1.29 is 9.26 Å². The van der Waals surface area contributed by atoms with E-state index in [0.717, 1.165) is 25.7 Å². The van der Waals surface area contributed by atoms with Gasteiger partial charge in [0.2, 0.25) is 5.82 Å². The molecule has 0 amide bonds. The quantitative estimate of drug-likeness (QED) is 0.925. The first-order valence-electron chi connectivity index (χ1n) is 6.85.